The third kappa shape index (κ3) is 7.38. The van der Waals surface area contributed by atoms with Crippen LogP contribution in [0, 0.1) is 6.92 Å². The van der Waals surface area contributed by atoms with Crippen LogP contribution in [-0.2, 0) is 17.8 Å². The number of hydrogen-bond acceptors (Lipinski definition) is 3. The summed E-state index contributed by atoms with van der Waals surface area (Å²) in [6.07, 6.45) is 3.81. The predicted octanol–water partition coefficient (Wildman–Crippen LogP) is 6.49. The summed E-state index contributed by atoms with van der Waals surface area (Å²) in [7, 11) is 0. The predicted molar refractivity (Wildman–Crippen MR) is 135 cm³/mol. The van der Waals surface area contributed by atoms with Gasteiger partial charge in [-0.05, 0) is 66.5 Å². The third-order valence-electron chi connectivity index (χ3n) is 5.67. The summed E-state index contributed by atoms with van der Waals surface area (Å²) >= 11 is 0. The average molecular weight is 446 g/mol. The Hall–Kier alpha value is -3.27. The van der Waals surface area contributed by atoms with Crippen molar-refractivity contribution >= 4 is 5.91 Å². The van der Waals surface area contributed by atoms with Crippen LogP contribution in [0.2, 0.25) is 0 Å². The van der Waals surface area contributed by atoms with Gasteiger partial charge in [-0.25, -0.2) is 0 Å². The largest absolute Gasteiger partial charge is 0.493 e. The minimum Gasteiger partial charge on any atom is -0.493 e. The Labute approximate surface area is 197 Å². The van der Waals surface area contributed by atoms with Gasteiger partial charge >= 0.3 is 0 Å². The van der Waals surface area contributed by atoms with E-state index in [2.05, 4.69) is 67.7 Å². The van der Waals surface area contributed by atoms with Crippen LogP contribution >= 0.6 is 0 Å². The van der Waals surface area contributed by atoms with Crippen molar-refractivity contribution in [2.24, 2.45) is 0 Å². The van der Waals surface area contributed by atoms with Crippen molar-refractivity contribution < 1.29 is 14.3 Å². The van der Waals surface area contributed by atoms with E-state index in [1.165, 1.54) is 27.8 Å². The van der Waals surface area contributed by atoms with Crippen molar-refractivity contribution in [3.8, 4) is 22.6 Å². The highest BCUT2D eigenvalue weighted by molar-refractivity contribution is 5.72. The molecule has 0 aliphatic rings. The first-order chi connectivity index (χ1) is 16.1. The van der Waals surface area contributed by atoms with Gasteiger partial charge < -0.3 is 14.8 Å². The highest BCUT2D eigenvalue weighted by Crippen LogP contribution is 2.29. The number of rotatable bonds is 12. The van der Waals surface area contributed by atoms with Crippen LogP contribution in [0.5, 0.6) is 11.5 Å². The fraction of sp³-hybridized carbons (Fsp3) is 0.345. The zero-order valence-corrected chi connectivity index (χ0v) is 20.0. The third-order valence-corrected chi connectivity index (χ3v) is 5.67. The van der Waals surface area contributed by atoms with Gasteiger partial charge in [0.15, 0.2) is 0 Å². The van der Waals surface area contributed by atoms with Crippen molar-refractivity contribution in [2.45, 2.75) is 53.1 Å². The number of hydrogen-bond donors (Lipinski definition) is 1. The number of aryl methyl sites for hydroxylation is 1. The van der Waals surface area contributed by atoms with E-state index in [9.17, 15) is 4.79 Å². The summed E-state index contributed by atoms with van der Waals surface area (Å²) in [5, 5.41) is 2.85. The number of amides is 1. The molecule has 0 aromatic heterocycles. The fourth-order valence-corrected chi connectivity index (χ4v) is 3.81. The molecule has 33 heavy (non-hydrogen) atoms. The molecule has 0 bridgehead atoms. The minimum absolute atomic E-state index is 0.0213. The highest BCUT2D eigenvalue weighted by atomic mass is 16.5. The van der Waals surface area contributed by atoms with Crippen molar-refractivity contribution in [3.63, 3.8) is 0 Å². The van der Waals surface area contributed by atoms with E-state index in [1.807, 2.05) is 18.2 Å². The van der Waals surface area contributed by atoms with E-state index in [1.54, 1.807) is 6.92 Å². The summed E-state index contributed by atoms with van der Waals surface area (Å²) < 4.78 is 12.2. The molecule has 0 saturated carbocycles. The van der Waals surface area contributed by atoms with Gasteiger partial charge in [0.1, 0.15) is 18.1 Å². The lowest BCUT2D eigenvalue weighted by Gasteiger charge is -2.15. The topological polar surface area (TPSA) is 47.6 Å². The van der Waals surface area contributed by atoms with Crippen molar-refractivity contribution in [1.29, 1.82) is 0 Å². The van der Waals surface area contributed by atoms with Crippen LogP contribution in [0.15, 0.2) is 66.7 Å². The van der Waals surface area contributed by atoms with Crippen LogP contribution < -0.4 is 14.8 Å². The number of ether oxygens (including phenoxy) is 2. The maximum absolute atomic E-state index is 11.0. The van der Waals surface area contributed by atoms with E-state index in [0.29, 0.717) is 19.8 Å². The maximum Gasteiger partial charge on any atom is 0.216 e. The molecule has 4 nitrogen and oxygen atoms in total. The standard InChI is InChI=1S/C29H35NO3/c1-4-19-32-29-20-27(17-16-25(29)13-8-9-18-30-23(3)31)33-21-26-14-10-15-28(22(26)2)24-11-6-5-7-12-24/h5-7,10-12,14-17,20H,4,8-9,13,18-19,21H2,1-3H3,(H,30,31). The molecule has 0 unspecified atom stereocenters. The first-order valence-electron chi connectivity index (χ1n) is 11.9. The van der Waals surface area contributed by atoms with Crippen molar-refractivity contribution in [3.05, 3.63) is 83.4 Å². The number of carbonyl (C=O) groups is 1. The zero-order chi connectivity index (χ0) is 23.5. The molecule has 0 radical (unpaired) electrons. The molecule has 174 valence electrons. The van der Waals surface area contributed by atoms with Gasteiger partial charge in [-0.15, -0.1) is 0 Å². The highest BCUT2D eigenvalue weighted by Gasteiger charge is 2.09. The summed E-state index contributed by atoms with van der Waals surface area (Å²) in [4.78, 5) is 11.0. The van der Waals surface area contributed by atoms with Gasteiger partial charge in [0.25, 0.3) is 0 Å². The Kier molecular flexibility index (Phi) is 9.37. The SMILES string of the molecule is CCCOc1cc(OCc2cccc(-c3ccccc3)c2C)ccc1CCCCNC(C)=O. The molecule has 0 aliphatic heterocycles. The fourth-order valence-electron chi connectivity index (χ4n) is 3.81. The second kappa shape index (κ2) is 12.7. The molecule has 3 aromatic rings. The van der Waals surface area contributed by atoms with Crippen LogP contribution in [0.25, 0.3) is 11.1 Å². The molecule has 1 amide bonds. The Morgan fingerprint density at radius 1 is 0.909 bits per heavy atom. The number of unbranched alkanes of at least 4 members (excludes halogenated alkanes) is 1. The molecule has 3 aromatic carbocycles. The van der Waals surface area contributed by atoms with Crippen molar-refractivity contribution in [2.75, 3.05) is 13.2 Å². The molecule has 0 aliphatic carbocycles. The van der Waals surface area contributed by atoms with Crippen LogP contribution in [-0.4, -0.2) is 19.1 Å². The van der Waals surface area contributed by atoms with E-state index in [4.69, 9.17) is 9.47 Å². The first-order valence-corrected chi connectivity index (χ1v) is 11.9. The molecule has 0 atom stereocenters. The lowest BCUT2D eigenvalue weighted by Crippen LogP contribution is -2.20. The molecule has 0 heterocycles. The Balaban J connectivity index is 1.66. The van der Waals surface area contributed by atoms with E-state index in [-0.39, 0.29) is 5.91 Å². The molecule has 0 fully saturated rings. The summed E-state index contributed by atoms with van der Waals surface area (Å²) in [6.45, 7) is 7.71. The molecule has 0 spiro atoms. The van der Waals surface area contributed by atoms with Crippen LogP contribution in [0.3, 0.4) is 0 Å². The Morgan fingerprint density at radius 2 is 1.73 bits per heavy atom. The smallest absolute Gasteiger partial charge is 0.216 e. The van der Waals surface area contributed by atoms with Gasteiger partial charge in [-0.2, -0.15) is 0 Å². The number of carbonyl (C=O) groups excluding carboxylic acids is 1. The maximum atomic E-state index is 11.0. The molecular formula is C29H35NO3. The van der Waals surface area contributed by atoms with Crippen molar-refractivity contribution in [1.82, 2.24) is 5.32 Å². The Morgan fingerprint density at radius 3 is 2.48 bits per heavy atom. The van der Waals surface area contributed by atoms with Gasteiger partial charge in [-0.1, -0.05) is 61.5 Å². The quantitative estimate of drug-likeness (QED) is 0.324. The Bertz CT molecular complexity index is 1030. The van der Waals surface area contributed by atoms with Crippen LogP contribution in [0.4, 0.5) is 0 Å². The summed E-state index contributed by atoms with van der Waals surface area (Å²) in [5.74, 6) is 1.73. The second-order valence-corrected chi connectivity index (χ2v) is 8.30. The van der Waals surface area contributed by atoms with E-state index < -0.39 is 0 Å². The molecule has 3 rings (SSSR count). The average Bonchev–Trinajstić information content (AvgIpc) is 2.83. The zero-order valence-electron chi connectivity index (χ0n) is 20.0. The number of nitrogens with one attached hydrogen (secondary N) is 1. The molecule has 4 heteroatoms. The van der Waals surface area contributed by atoms with E-state index >= 15 is 0 Å². The second-order valence-electron chi connectivity index (χ2n) is 8.30. The normalized spacial score (nSPS) is 10.6. The lowest BCUT2D eigenvalue weighted by atomic mass is 9.97. The summed E-state index contributed by atoms with van der Waals surface area (Å²) in [6, 6.07) is 23.0. The van der Waals surface area contributed by atoms with Crippen LogP contribution in [0.1, 0.15) is 49.8 Å². The molecular weight excluding hydrogens is 410 g/mol. The van der Waals surface area contributed by atoms with Gasteiger partial charge in [0.2, 0.25) is 5.91 Å². The van der Waals surface area contributed by atoms with Gasteiger partial charge in [0.05, 0.1) is 6.61 Å². The van der Waals surface area contributed by atoms with E-state index in [0.717, 1.165) is 37.2 Å². The lowest BCUT2D eigenvalue weighted by molar-refractivity contribution is -0.118. The number of benzene rings is 3. The van der Waals surface area contributed by atoms with Gasteiger partial charge in [-0.3, -0.25) is 4.79 Å². The molecule has 1 N–H and O–H groups in total. The minimum atomic E-state index is 0.0213. The first kappa shape index (κ1) is 24.4. The molecule has 0 saturated heterocycles. The summed E-state index contributed by atoms with van der Waals surface area (Å²) in [5.41, 5.74) is 6.05. The monoisotopic (exact) mass is 445 g/mol. The van der Waals surface area contributed by atoms with Gasteiger partial charge in [0, 0.05) is 19.5 Å².